The fourth-order valence-corrected chi connectivity index (χ4v) is 2.89. The second-order valence-electron chi connectivity index (χ2n) is 6.20. The number of carboxylic acids is 1. The standard InChI is InChI=1S/C17H22N2O2/c1-11(2)19-10-13(9-18-14-4-3-5-14)15-7-6-12(17(20)21)8-16(15)19/h6-8,10-11,14,18H,3-5,9H2,1-2H3,(H,20,21). The Kier molecular flexibility index (Phi) is 3.72. The zero-order chi connectivity index (χ0) is 15.0. The third-order valence-corrected chi connectivity index (χ3v) is 4.41. The van der Waals surface area contributed by atoms with E-state index in [-0.39, 0.29) is 0 Å². The zero-order valence-electron chi connectivity index (χ0n) is 12.6. The number of hydrogen-bond donors (Lipinski definition) is 2. The summed E-state index contributed by atoms with van der Waals surface area (Å²) in [5.74, 6) is -0.873. The lowest BCUT2D eigenvalue weighted by atomic mass is 9.93. The van der Waals surface area contributed by atoms with E-state index in [4.69, 9.17) is 0 Å². The molecule has 0 saturated heterocycles. The van der Waals surface area contributed by atoms with Crippen molar-refractivity contribution in [2.75, 3.05) is 0 Å². The van der Waals surface area contributed by atoms with Crippen LogP contribution in [0.2, 0.25) is 0 Å². The van der Waals surface area contributed by atoms with Gasteiger partial charge in [-0.3, -0.25) is 0 Å². The number of benzene rings is 1. The van der Waals surface area contributed by atoms with Crippen LogP contribution in [0.25, 0.3) is 10.9 Å². The molecule has 1 aromatic heterocycles. The lowest BCUT2D eigenvalue weighted by molar-refractivity contribution is 0.0697. The summed E-state index contributed by atoms with van der Waals surface area (Å²) >= 11 is 0. The molecule has 0 bridgehead atoms. The largest absolute Gasteiger partial charge is 0.478 e. The Morgan fingerprint density at radius 3 is 2.76 bits per heavy atom. The van der Waals surface area contributed by atoms with Gasteiger partial charge in [0.1, 0.15) is 0 Å². The van der Waals surface area contributed by atoms with Crippen molar-refractivity contribution in [3.05, 3.63) is 35.5 Å². The number of aromatic nitrogens is 1. The van der Waals surface area contributed by atoms with Gasteiger partial charge >= 0.3 is 5.97 Å². The van der Waals surface area contributed by atoms with E-state index in [0.717, 1.165) is 17.4 Å². The van der Waals surface area contributed by atoms with Crippen LogP contribution in [-0.4, -0.2) is 21.7 Å². The number of hydrogen-bond acceptors (Lipinski definition) is 2. The summed E-state index contributed by atoms with van der Waals surface area (Å²) < 4.78 is 2.17. The summed E-state index contributed by atoms with van der Waals surface area (Å²) in [6.45, 7) is 5.10. The van der Waals surface area contributed by atoms with Gasteiger partial charge < -0.3 is 15.0 Å². The van der Waals surface area contributed by atoms with Crippen LogP contribution in [0.4, 0.5) is 0 Å². The molecule has 1 saturated carbocycles. The van der Waals surface area contributed by atoms with Gasteiger partial charge in [-0.25, -0.2) is 4.79 Å². The Hall–Kier alpha value is -1.81. The number of carbonyl (C=O) groups is 1. The normalized spacial score (nSPS) is 15.6. The molecule has 2 N–H and O–H groups in total. The van der Waals surface area contributed by atoms with Crippen molar-refractivity contribution >= 4 is 16.9 Å². The molecule has 0 radical (unpaired) electrons. The second-order valence-corrected chi connectivity index (χ2v) is 6.20. The lowest BCUT2D eigenvalue weighted by Gasteiger charge is -2.26. The van der Waals surface area contributed by atoms with E-state index in [9.17, 15) is 9.90 Å². The van der Waals surface area contributed by atoms with E-state index in [2.05, 4.69) is 29.9 Å². The van der Waals surface area contributed by atoms with Crippen molar-refractivity contribution in [2.24, 2.45) is 0 Å². The molecular formula is C17H22N2O2. The molecule has 4 heteroatoms. The minimum absolute atomic E-state index is 0.314. The molecule has 1 aromatic carbocycles. The summed E-state index contributed by atoms with van der Waals surface area (Å²) in [6, 6.07) is 6.39. The number of fused-ring (bicyclic) bond motifs is 1. The number of nitrogens with zero attached hydrogens (tertiary/aromatic N) is 1. The Morgan fingerprint density at radius 1 is 1.43 bits per heavy atom. The number of carboxylic acid groups (broad SMARTS) is 1. The molecule has 1 fully saturated rings. The summed E-state index contributed by atoms with van der Waals surface area (Å²) in [5.41, 5.74) is 2.61. The maximum atomic E-state index is 11.2. The highest BCUT2D eigenvalue weighted by Crippen LogP contribution is 2.27. The Bertz CT molecular complexity index is 669. The number of aromatic carboxylic acids is 1. The first-order chi connectivity index (χ1) is 10.1. The molecule has 0 spiro atoms. The van der Waals surface area contributed by atoms with Gasteiger partial charge in [0, 0.05) is 35.7 Å². The summed E-state index contributed by atoms with van der Waals surface area (Å²) in [4.78, 5) is 11.2. The summed E-state index contributed by atoms with van der Waals surface area (Å²) in [7, 11) is 0. The molecule has 1 aliphatic carbocycles. The first kappa shape index (κ1) is 14.1. The minimum atomic E-state index is -0.873. The first-order valence-corrected chi connectivity index (χ1v) is 7.66. The average Bonchev–Trinajstić information content (AvgIpc) is 2.75. The van der Waals surface area contributed by atoms with Gasteiger partial charge in [-0.05, 0) is 44.4 Å². The Morgan fingerprint density at radius 2 is 2.19 bits per heavy atom. The van der Waals surface area contributed by atoms with E-state index in [0.29, 0.717) is 17.6 Å². The summed E-state index contributed by atoms with van der Waals surface area (Å²) in [5, 5.41) is 13.9. The van der Waals surface area contributed by atoms with Crippen molar-refractivity contribution in [2.45, 2.75) is 51.7 Å². The van der Waals surface area contributed by atoms with E-state index >= 15 is 0 Å². The second kappa shape index (κ2) is 5.53. The molecule has 1 heterocycles. The van der Waals surface area contributed by atoms with Gasteiger partial charge in [0.05, 0.1) is 5.56 Å². The number of nitrogens with one attached hydrogen (secondary N) is 1. The van der Waals surface area contributed by atoms with E-state index < -0.39 is 5.97 Å². The molecular weight excluding hydrogens is 264 g/mol. The summed E-state index contributed by atoms with van der Waals surface area (Å²) in [6.07, 6.45) is 6.03. The maximum absolute atomic E-state index is 11.2. The van der Waals surface area contributed by atoms with Crippen molar-refractivity contribution in [3.63, 3.8) is 0 Å². The van der Waals surface area contributed by atoms with E-state index in [1.807, 2.05) is 6.07 Å². The average molecular weight is 286 g/mol. The van der Waals surface area contributed by atoms with Gasteiger partial charge in [-0.15, -0.1) is 0 Å². The molecule has 2 aromatic rings. The van der Waals surface area contributed by atoms with Crippen LogP contribution in [0.5, 0.6) is 0 Å². The maximum Gasteiger partial charge on any atom is 0.335 e. The van der Waals surface area contributed by atoms with Crippen LogP contribution in [0, 0.1) is 0 Å². The topological polar surface area (TPSA) is 54.3 Å². The Labute approximate surface area is 124 Å². The van der Waals surface area contributed by atoms with Crippen LogP contribution < -0.4 is 5.32 Å². The van der Waals surface area contributed by atoms with Gasteiger partial charge in [0.2, 0.25) is 0 Å². The first-order valence-electron chi connectivity index (χ1n) is 7.66. The quantitative estimate of drug-likeness (QED) is 0.883. The van der Waals surface area contributed by atoms with Crippen molar-refractivity contribution in [1.82, 2.24) is 9.88 Å². The van der Waals surface area contributed by atoms with Crippen LogP contribution >= 0.6 is 0 Å². The van der Waals surface area contributed by atoms with Crippen molar-refractivity contribution < 1.29 is 9.90 Å². The predicted octanol–water partition coefficient (Wildman–Crippen LogP) is 3.56. The highest BCUT2D eigenvalue weighted by Gasteiger charge is 2.18. The van der Waals surface area contributed by atoms with Gasteiger partial charge in [-0.1, -0.05) is 12.5 Å². The van der Waals surface area contributed by atoms with Crippen LogP contribution in [0.3, 0.4) is 0 Å². The molecule has 0 atom stereocenters. The predicted molar refractivity (Wildman–Crippen MR) is 83.8 cm³/mol. The van der Waals surface area contributed by atoms with Crippen LogP contribution in [0.15, 0.2) is 24.4 Å². The molecule has 21 heavy (non-hydrogen) atoms. The molecule has 3 rings (SSSR count). The smallest absolute Gasteiger partial charge is 0.335 e. The lowest BCUT2D eigenvalue weighted by Crippen LogP contribution is -2.34. The van der Waals surface area contributed by atoms with Crippen LogP contribution in [-0.2, 0) is 6.54 Å². The van der Waals surface area contributed by atoms with Gasteiger partial charge in [0.25, 0.3) is 0 Å². The van der Waals surface area contributed by atoms with E-state index in [1.165, 1.54) is 24.8 Å². The zero-order valence-corrected chi connectivity index (χ0v) is 12.6. The minimum Gasteiger partial charge on any atom is -0.478 e. The monoisotopic (exact) mass is 286 g/mol. The van der Waals surface area contributed by atoms with Crippen LogP contribution in [0.1, 0.15) is 55.1 Å². The molecule has 0 aliphatic heterocycles. The molecule has 0 amide bonds. The van der Waals surface area contributed by atoms with E-state index in [1.54, 1.807) is 12.1 Å². The van der Waals surface area contributed by atoms with Gasteiger partial charge in [-0.2, -0.15) is 0 Å². The number of rotatable bonds is 5. The third-order valence-electron chi connectivity index (χ3n) is 4.41. The fourth-order valence-electron chi connectivity index (χ4n) is 2.89. The highest BCUT2D eigenvalue weighted by molar-refractivity contribution is 5.94. The fraction of sp³-hybridized carbons (Fsp3) is 0.471. The molecule has 1 aliphatic rings. The molecule has 4 nitrogen and oxygen atoms in total. The van der Waals surface area contributed by atoms with Crippen molar-refractivity contribution in [1.29, 1.82) is 0 Å². The van der Waals surface area contributed by atoms with Gasteiger partial charge in [0.15, 0.2) is 0 Å². The van der Waals surface area contributed by atoms with Crippen molar-refractivity contribution in [3.8, 4) is 0 Å². The Balaban J connectivity index is 1.97. The third kappa shape index (κ3) is 2.68. The molecule has 112 valence electrons. The highest BCUT2D eigenvalue weighted by atomic mass is 16.4. The SMILES string of the molecule is CC(C)n1cc(CNC2CCC2)c2ccc(C(=O)O)cc21. The molecule has 0 unspecified atom stereocenters.